The van der Waals surface area contributed by atoms with Gasteiger partial charge in [0.15, 0.2) is 0 Å². The van der Waals surface area contributed by atoms with Gasteiger partial charge in [0.1, 0.15) is 0 Å². The molecule has 0 amide bonds. The van der Waals surface area contributed by atoms with Crippen molar-refractivity contribution in [2.75, 3.05) is 0 Å². The Morgan fingerprint density at radius 3 is 0.375 bits per heavy atom. The van der Waals surface area contributed by atoms with Crippen LogP contribution in [0.25, 0.3) is 0 Å². The van der Waals surface area contributed by atoms with Crippen LogP contribution in [-0.2, 0) is 17.1 Å². The van der Waals surface area contributed by atoms with E-state index < -0.39 is 0 Å². The van der Waals surface area contributed by atoms with Crippen LogP contribution in [0.4, 0.5) is 0 Å². The molecule has 64 valence electrons. The van der Waals surface area contributed by atoms with E-state index >= 15 is 0 Å². The molecule has 8 heavy (non-hydrogen) atoms. The van der Waals surface area contributed by atoms with Gasteiger partial charge in [-0.1, -0.05) is 0 Å². The Bertz CT molecular complexity index is 10.4. The Morgan fingerprint density at radius 2 is 0.375 bits per heavy atom. The van der Waals surface area contributed by atoms with Crippen molar-refractivity contribution in [1.29, 1.82) is 0 Å². The third kappa shape index (κ3) is 297. The molecule has 0 aromatic rings. The Balaban J connectivity index is 0. The van der Waals surface area contributed by atoms with Gasteiger partial charge in [-0.3, -0.25) is 0 Å². The molecule has 0 aromatic heterocycles. The van der Waals surface area contributed by atoms with E-state index in [1.807, 2.05) is 0 Å². The molecule has 0 heterocycles. The van der Waals surface area contributed by atoms with E-state index in [9.17, 15) is 0 Å². The average molecular weight is 219 g/mol. The molecule has 0 aromatic carbocycles. The number of hydrogen-bond acceptors (Lipinski definition) is 0. The van der Waals surface area contributed by atoms with Gasteiger partial charge in [0.05, 0.1) is 0 Å². The Kier molecular flexibility index (Phi) is 39900. The number of halogens is 2. The van der Waals surface area contributed by atoms with Crippen molar-refractivity contribution >= 4 is 24.8 Å². The van der Waals surface area contributed by atoms with E-state index in [1.54, 1.807) is 0 Å². The van der Waals surface area contributed by atoms with E-state index in [2.05, 4.69) is 0 Å². The molecular weight excluding hydrogens is 207 g/mol. The zero-order chi connectivity index (χ0) is 0. The second-order valence-electron chi connectivity index (χ2n) is 0. The van der Waals surface area contributed by atoms with Crippen LogP contribution < -0.4 is 0 Å². The van der Waals surface area contributed by atoms with Crippen LogP contribution in [0.2, 0.25) is 0 Å². The third-order valence-electron chi connectivity index (χ3n) is 0. The first kappa shape index (κ1) is 686. The Labute approximate surface area is 69.7 Å². The molecule has 5 nitrogen and oxygen atoms in total. The minimum atomic E-state index is 0. The van der Waals surface area contributed by atoms with Gasteiger partial charge in [-0.25, -0.2) is 0 Å². The largest absolute Gasteiger partial charge is 0.412 e. The number of rotatable bonds is 0. The van der Waals surface area contributed by atoms with Gasteiger partial charge >= 0.3 is 0 Å². The molecule has 0 saturated carbocycles. The molecule has 0 fully saturated rings. The van der Waals surface area contributed by atoms with Crippen LogP contribution in [0.3, 0.4) is 0 Å². The van der Waals surface area contributed by atoms with Crippen molar-refractivity contribution in [3.8, 4) is 0 Å². The first-order valence-electron chi connectivity index (χ1n) is 0. The Hall–Kier alpha value is 0.899. The molecule has 0 rings (SSSR count). The third-order valence-corrected chi connectivity index (χ3v) is 0. The van der Waals surface area contributed by atoms with Crippen LogP contribution in [-0.4, -0.2) is 27.4 Å². The van der Waals surface area contributed by atoms with Crippen molar-refractivity contribution in [3.05, 3.63) is 0 Å². The summed E-state index contributed by atoms with van der Waals surface area (Å²) in [7, 11) is 0. The van der Waals surface area contributed by atoms with Gasteiger partial charge in [0.2, 0.25) is 0 Å². The van der Waals surface area contributed by atoms with E-state index in [0.717, 1.165) is 0 Å². The first-order valence-corrected chi connectivity index (χ1v) is 0. The molecular formula is H12Cl2FeO5. The van der Waals surface area contributed by atoms with Crippen LogP contribution in [0.1, 0.15) is 0 Å². The average Bonchev–Trinajstić information content (AvgIpc) is 0. The molecule has 0 aliphatic heterocycles. The monoisotopic (exact) mass is 218 g/mol. The maximum Gasteiger partial charge on any atom is 0 e. The second-order valence-corrected chi connectivity index (χ2v) is 0. The summed E-state index contributed by atoms with van der Waals surface area (Å²) in [4.78, 5) is 0. The summed E-state index contributed by atoms with van der Waals surface area (Å²) < 4.78 is 0. The normalized spacial score (nSPS) is 0. The maximum absolute atomic E-state index is 0. The topological polar surface area (TPSA) is 158 Å². The molecule has 0 aliphatic carbocycles. The summed E-state index contributed by atoms with van der Waals surface area (Å²) in [6.45, 7) is 0. The van der Waals surface area contributed by atoms with Crippen LogP contribution in [0, 0.1) is 0 Å². The minimum Gasteiger partial charge on any atom is -0.412 e. The van der Waals surface area contributed by atoms with Crippen molar-refractivity contribution in [3.63, 3.8) is 0 Å². The van der Waals surface area contributed by atoms with Gasteiger partial charge in [0.25, 0.3) is 0 Å². The van der Waals surface area contributed by atoms with Gasteiger partial charge < -0.3 is 27.4 Å². The fourth-order valence-corrected chi connectivity index (χ4v) is 0. The molecule has 0 radical (unpaired) electrons. The molecule has 0 aliphatic rings. The van der Waals surface area contributed by atoms with E-state index in [0.29, 0.717) is 0 Å². The van der Waals surface area contributed by atoms with Crippen molar-refractivity contribution in [1.82, 2.24) is 0 Å². The first-order chi connectivity index (χ1) is 0. The summed E-state index contributed by atoms with van der Waals surface area (Å²) in [5, 5.41) is 0. The van der Waals surface area contributed by atoms with E-state index in [1.165, 1.54) is 0 Å². The zero-order valence-corrected chi connectivity index (χ0v) is 6.41. The Morgan fingerprint density at radius 1 is 0.375 bits per heavy atom. The fraction of sp³-hybridized carbons (Fsp3) is 0. The second kappa shape index (κ2) is 465. The predicted octanol–water partition coefficient (Wildman–Crippen LogP) is -3.28. The van der Waals surface area contributed by atoms with Crippen molar-refractivity contribution in [2.24, 2.45) is 0 Å². The minimum absolute atomic E-state index is 0. The summed E-state index contributed by atoms with van der Waals surface area (Å²) in [6, 6.07) is 0. The van der Waals surface area contributed by atoms with Gasteiger partial charge in [-0.2, -0.15) is 0 Å². The quantitative estimate of drug-likeness (QED) is 0.374. The smallest absolute Gasteiger partial charge is 0 e. The van der Waals surface area contributed by atoms with E-state index in [4.69, 9.17) is 0 Å². The van der Waals surface area contributed by atoms with Crippen molar-refractivity contribution < 1.29 is 44.4 Å². The van der Waals surface area contributed by atoms with Crippen molar-refractivity contribution in [2.45, 2.75) is 0 Å². The molecule has 0 spiro atoms. The van der Waals surface area contributed by atoms with Crippen LogP contribution >= 0.6 is 24.8 Å². The van der Waals surface area contributed by atoms with E-state index in [-0.39, 0.29) is 69.3 Å². The summed E-state index contributed by atoms with van der Waals surface area (Å²) >= 11 is 0. The molecule has 8 heteroatoms. The fourth-order valence-electron chi connectivity index (χ4n) is 0. The molecule has 10 N–H and O–H groups in total. The van der Waals surface area contributed by atoms with Crippen LogP contribution in [0.5, 0.6) is 0 Å². The summed E-state index contributed by atoms with van der Waals surface area (Å²) in [6.07, 6.45) is 0. The summed E-state index contributed by atoms with van der Waals surface area (Å²) in [5.74, 6) is 0. The molecule has 0 bridgehead atoms. The van der Waals surface area contributed by atoms with Gasteiger partial charge in [0, 0.05) is 17.1 Å². The maximum atomic E-state index is 0. The predicted molar refractivity (Wildman–Crippen MR) is 32.6 cm³/mol. The standard InChI is InChI=1S/2ClH.Fe.5H2O/h2*1H;;5*1H2. The SMILES string of the molecule is Cl.Cl.O.O.O.O.O.[Fe]. The molecule has 0 atom stereocenters. The summed E-state index contributed by atoms with van der Waals surface area (Å²) in [5.41, 5.74) is 0. The van der Waals surface area contributed by atoms with Gasteiger partial charge in [-0.15, -0.1) is 24.8 Å². The molecule has 0 unspecified atom stereocenters. The van der Waals surface area contributed by atoms with Gasteiger partial charge in [-0.05, 0) is 0 Å². The number of hydrogen-bond donors (Lipinski definition) is 0. The zero-order valence-electron chi connectivity index (χ0n) is 3.67. The molecule has 0 saturated heterocycles. The van der Waals surface area contributed by atoms with Crippen LogP contribution in [0.15, 0.2) is 0 Å².